The molecule has 2 aromatic rings. The molecule has 0 bridgehead atoms. The number of carbonyl (C=O) groups is 1. The minimum atomic E-state index is -3.58. The first-order chi connectivity index (χ1) is 11.7. The highest BCUT2D eigenvalue weighted by atomic mass is 32.2. The van der Waals surface area contributed by atoms with Crippen LogP contribution in [0.5, 0.6) is 0 Å². The van der Waals surface area contributed by atoms with Crippen molar-refractivity contribution in [2.24, 2.45) is 0 Å². The van der Waals surface area contributed by atoms with Gasteiger partial charge in [-0.15, -0.1) is 0 Å². The van der Waals surface area contributed by atoms with Crippen LogP contribution < -0.4 is 5.32 Å². The molecule has 0 aliphatic heterocycles. The van der Waals surface area contributed by atoms with E-state index in [1.807, 2.05) is 25.1 Å². The van der Waals surface area contributed by atoms with Crippen molar-refractivity contribution < 1.29 is 13.2 Å². The molecule has 1 N–H and O–H groups in total. The van der Waals surface area contributed by atoms with Gasteiger partial charge < -0.3 is 5.32 Å². The van der Waals surface area contributed by atoms with Crippen LogP contribution >= 0.6 is 0 Å². The van der Waals surface area contributed by atoms with E-state index in [-0.39, 0.29) is 10.8 Å². The third-order valence-corrected chi connectivity index (χ3v) is 5.95. The summed E-state index contributed by atoms with van der Waals surface area (Å²) in [5.74, 6) is -0.275. The standard InChI is InChI=1S/C19H24N2O3S/c1-14-6-5-7-16(12-14)10-11-20-19(22)17-9-8-15(2)18(13-17)25(23,24)21(3)4/h5-9,12-13H,10-11H2,1-4H3,(H,20,22). The Morgan fingerprint density at radius 3 is 2.44 bits per heavy atom. The predicted molar refractivity (Wildman–Crippen MR) is 99.3 cm³/mol. The van der Waals surface area contributed by atoms with Crippen molar-refractivity contribution in [1.82, 2.24) is 9.62 Å². The van der Waals surface area contributed by atoms with Crippen LogP contribution in [0.15, 0.2) is 47.4 Å². The quantitative estimate of drug-likeness (QED) is 0.861. The average molecular weight is 360 g/mol. The van der Waals surface area contributed by atoms with Gasteiger partial charge in [0.1, 0.15) is 0 Å². The molecule has 2 aromatic carbocycles. The monoisotopic (exact) mass is 360 g/mol. The zero-order chi connectivity index (χ0) is 18.6. The van der Waals surface area contributed by atoms with Crippen molar-refractivity contribution in [2.45, 2.75) is 25.2 Å². The Balaban J connectivity index is 2.10. The fraction of sp³-hybridized carbons (Fsp3) is 0.316. The van der Waals surface area contributed by atoms with E-state index >= 15 is 0 Å². The van der Waals surface area contributed by atoms with Gasteiger partial charge in [-0.05, 0) is 43.5 Å². The highest BCUT2D eigenvalue weighted by molar-refractivity contribution is 7.89. The molecule has 0 aliphatic rings. The second kappa shape index (κ2) is 7.80. The maximum atomic E-state index is 12.4. The maximum Gasteiger partial charge on any atom is 0.251 e. The summed E-state index contributed by atoms with van der Waals surface area (Å²) in [6, 6.07) is 12.9. The number of hydrogen-bond donors (Lipinski definition) is 1. The van der Waals surface area contributed by atoms with Crippen molar-refractivity contribution >= 4 is 15.9 Å². The molecule has 25 heavy (non-hydrogen) atoms. The van der Waals surface area contributed by atoms with Gasteiger partial charge in [-0.25, -0.2) is 12.7 Å². The van der Waals surface area contributed by atoms with Crippen LogP contribution in [0.3, 0.4) is 0 Å². The number of amides is 1. The molecule has 0 heterocycles. The molecule has 0 saturated carbocycles. The Morgan fingerprint density at radius 2 is 1.80 bits per heavy atom. The van der Waals surface area contributed by atoms with Crippen molar-refractivity contribution in [3.8, 4) is 0 Å². The summed E-state index contributed by atoms with van der Waals surface area (Å²) in [5, 5.41) is 2.85. The third kappa shape index (κ3) is 4.67. The number of aryl methyl sites for hydroxylation is 2. The van der Waals surface area contributed by atoms with Gasteiger partial charge in [0.15, 0.2) is 0 Å². The molecular weight excluding hydrogens is 336 g/mol. The smallest absolute Gasteiger partial charge is 0.251 e. The van der Waals surface area contributed by atoms with Gasteiger partial charge >= 0.3 is 0 Å². The van der Waals surface area contributed by atoms with Crippen LogP contribution in [0.25, 0.3) is 0 Å². The van der Waals surface area contributed by atoms with Crippen molar-refractivity contribution in [2.75, 3.05) is 20.6 Å². The lowest BCUT2D eigenvalue weighted by Crippen LogP contribution is -2.27. The first kappa shape index (κ1) is 19.1. The van der Waals surface area contributed by atoms with Crippen molar-refractivity contribution in [1.29, 1.82) is 0 Å². The second-order valence-electron chi connectivity index (χ2n) is 6.26. The van der Waals surface area contributed by atoms with Gasteiger partial charge in [-0.2, -0.15) is 0 Å². The molecule has 0 aliphatic carbocycles. The van der Waals surface area contributed by atoms with Crippen LogP contribution in [0.4, 0.5) is 0 Å². The van der Waals surface area contributed by atoms with Gasteiger partial charge in [0.25, 0.3) is 5.91 Å². The molecule has 1 amide bonds. The summed E-state index contributed by atoms with van der Waals surface area (Å²) < 4.78 is 25.9. The molecule has 6 heteroatoms. The second-order valence-corrected chi connectivity index (χ2v) is 8.38. The largest absolute Gasteiger partial charge is 0.352 e. The number of nitrogens with one attached hydrogen (secondary N) is 1. The van der Waals surface area contributed by atoms with E-state index in [9.17, 15) is 13.2 Å². The Labute approximate surface area is 149 Å². The maximum absolute atomic E-state index is 12.4. The summed E-state index contributed by atoms with van der Waals surface area (Å²) >= 11 is 0. The topological polar surface area (TPSA) is 66.5 Å². The third-order valence-electron chi connectivity index (χ3n) is 3.99. The number of sulfonamides is 1. The van der Waals surface area contributed by atoms with Gasteiger partial charge in [0, 0.05) is 26.2 Å². The fourth-order valence-electron chi connectivity index (χ4n) is 2.51. The summed E-state index contributed by atoms with van der Waals surface area (Å²) in [6.07, 6.45) is 0.724. The number of hydrogen-bond acceptors (Lipinski definition) is 3. The number of benzene rings is 2. The summed E-state index contributed by atoms with van der Waals surface area (Å²) in [4.78, 5) is 12.5. The van der Waals surface area contributed by atoms with E-state index in [4.69, 9.17) is 0 Å². The van der Waals surface area contributed by atoms with E-state index < -0.39 is 10.0 Å². The number of nitrogens with zero attached hydrogens (tertiary/aromatic N) is 1. The highest BCUT2D eigenvalue weighted by Gasteiger charge is 2.21. The Kier molecular flexibility index (Phi) is 5.98. The molecule has 5 nitrogen and oxygen atoms in total. The van der Waals surface area contributed by atoms with E-state index in [0.29, 0.717) is 17.7 Å². The molecular formula is C19H24N2O3S. The first-order valence-corrected chi connectivity index (χ1v) is 9.53. The molecule has 0 fully saturated rings. The SMILES string of the molecule is Cc1cccc(CCNC(=O)c2ccc(C)c(S(=O)(=O)N(C)C)c2)c1. The van der Waals surface area contributed by atoms with E-state index in [1.165, 1.54) is 25.7 Å². The lowest BCUT2D eigenvalue weighted by Gasteiger charge is -2.14. The molecule has 0 saturated heterocycles. The van der Waals surface area contributed by atoms with Gasteiger partial charge in [0.05, 0.1) is 4.90 Å². The fourth-order valence-corrected chi connectivity index (χ4v) is 3.65. The van der Waals surface area contributed by atoms with Crippen LogP contribution in [0.2, 0.25) is 0 Å². The zero-order valence-corrected chi connectivity index (χ0v) is 15.9. The molecule has 134 valence electrons. The minimum absolute atomic E-state index is 0.156. The summed E-state index contributed by atoms with van der Waals surface area (Å²) in [7, 11) is -0.627. The van der Waals surface area contributed by atoms with Gasteiger partial charge in [0.2, 0.25) is 10.0 Å². The van der Waals surface area contributed by atoms with E-state index in [2.05, 4.69) is 11.4 Å². The molecule has 0 spiro atoms. The van der Waals surface area contributed by atoms with Crippen LogP contribution in [-0.4, -0.2) is 39.3 Å². The lowest BCUT2D eigenvalue weighted by molar-refractivity contribution is 0.0954. The van der Waals surface area contributed by atoms with E-state index in [0.717, 1.165) is 16.3 Å². The zero-order valence-electron chi connectivity index (χ0n) is 15.0. The van der Waals surface area contributed by atoms with Gasteiger partial charge in [-0.1, -0.05) is 35.9 Å². The van der Waals surface area contributed by atoms with Crippen LogP contribution in [0.1, 0.15) is 27.0 Å². The average Bonchev–Trinajstić information content (AvgIpc) is 2.54. The van der Waals surface area contributed by atoms with Crippen molar-refractivity contribution in [3.05, 3.63) is 64.7 Å². The first-order valence-electron chi connectivity index (χ1n) is 8.09. The molecule has 0 unspecified atom stereocenters. The van der Waals surface area contributed by atoms with E-state index in [1.54, 1.807) is 19.1 Å². The van der Waals surface area contributed by atoms with Crippen LogP contribution in [-0.2, 0) is 16.4 Å². The Morgan fingerprint density at radius 1 is 1.08 bits per heavy atom. The molecule has 0 atom stereocenters. The molecule has 0 radical (unpaired) electrons. The normalized spacial score (nSPS) is 11.6. The highest BCUT2D eigenvalue weighted by Crippen LogP contribution is 2.19. The summed E-state index contributed by atoms with van der Waals surface area (Å²) in [5.41, 5.74) is 3.29. The number of rotatable bonds is 6. The Hall–Kier alpha value is -2.18. The Bertz CT molecular complexity index is 874. The number of carbonyl (C=O) groups excluding carboxylic acids is 1. The van der Waals surface area contributed by atoms with Crippen molar-refractivity contribution in [3.63, 3.8) is 0 Å². The minimum Gasteiger partial charge on any atom is -0.352 e. The van der Waals surface area contributed by atoms with Crippen LogP contribution in [0, 0.1) is 13.8 Å². The van der Waals surface area contributed by atoms with Gasteiger partial charge in [-0.3, -0.25) is 4.79 Å². The summed E-state index contributed by atoms with van der Waals surface area (Å²) in [6.45, 7) is 4.24. The molecule has 2 rings (SSSR count). The lowest BCUT2D eigenvalue weighted by atomic mass is 10.1. The predicted octanol–water partition coefficient (Wildman–Crippen LogP) is 2.53. The molecule has 0 aromatic heterocycles.